The van der Waals surface area contributed by atoms with Gasteiger partial charge in [-0.3, -0.25) is 4.79 Å². The fourth-order valence-electron chi connectivity index (χ4n) is 1.97. The van der Waals surface area contributed by atoms with E-state index < -0.39 is 5.54 Å². The Labute approximate surface area is 121 Å². The Morgan fingerprint density at radius 1 is 1.25 bits per heavy atom. The summed E-state index contributed by atoms with van der Waals surface area (Å²) >= 11 is 0. The second-order valence-electron chi connectivity index (χ2n) is 6.15. The van der Waals surface area contributed by atoms with E-state index in [9.17, 15) is 4.79 Å². The summed E-state index contributed by atoms with van der Waals surface area (Å²) in [4.78, 5) is 13.6. The van der Waals surface area contributed by atoms with Crippen LogP contribution in [0.25, 0.3) is 0 Å². The fraction of sp³-hybridized carbons (Fsp3) is 0.562. The monoisotopic (exact) mass is 278 g/mol. The first kappa shape index (κ1) is 16.5. The third-order valence-electron chi connectivity index (χ3n) is 2.92. The molecule has 4 heteroatoms. The second kappa shape index (κ2) is 6.75. The van der Waals surface area contributed by atoms with Gasteiger partial charge in [0, 0.05) is 19.0 Å². The molecule has 0 spiro atoms. The summed E-state index contributed by atoms with van der Waals surface area (Å²) in [5, 5.41) is 0. The Bertz CT molecular complexity index is 444. The van der Waals surface area contributed by atoms with E-state index in [4.69, 9.17) is 10.5 Å². The predicted molar refractivity (Wildman–Crippen MR) is 81.9 cm³/mol. The third-order valence-corrected chi connectivity index (χ3v) is 2.92. The molecule has 2 N–H and O–H groups in total. The Morgan fingerprint density at radius 2 is 1.80 bits per heavy atom. The maximum atomic E-state index is 11.9. The number of ether oxygens (including phenoxy) is 1. The van der Waals surface area contributed by atoms with E-state index >= 15 is 0 Å². The molecule has 0 aromatic heterocycles. The zero-order valence-electron chi connectivity index (χ0n) is 13.2. The van der Waals surface area contributed by atoms with Gasteiger partial charge in [0.1, 0.15) is 12.4 Å². The van der Waals surface area contributed by atoms with Crippen LogP contribution in [0.3, 0.4) is 0 Å². The molecule has 0 fully saturated rings. The number of nitrogens with two attached hydrogens (primary N) is 1. The van der Waals surface area contributed by atoms with Gasteiger partial charge in [0.25, 0.3) is 0 Å². The number of benzene rings is 1. The predicted octanol–water partition coefficient (Wildman–Crippen LogP) is 2.27. The van der Waals surface area contributed by atoms with Gasteiger partial charge in [0.2, 0.25) is 5.91 Å². The van der Waals surface area contributed by atoms with Crippen molar-refractivity contribution < 1.29 is 9.53 Å². The molecule has 0 aliphatic carbocycles. The van der Waals surface area contributed by atoms with Crippen molar-refractivity contribution in [3.63, 3.8) is 0 Å². The molecule has 0 heterocycles. The van der Waals surface area contributed by atoms with Crippen LogP contribution >= 0.6 is 0 Å². The summed E-state index contributed by atoms with van der Waals surface area (Å²) in [7, 11) is 1.78. The van der Waals surface area contributed by atoms with Crippen molar-refractivity contribution >= 4 is 5.91 Å². The molecule has 20 heavy (non-hydrogen) atoms. The van der Waals surface area contributed by atoms with E-state index in [1.807, 2.05) is 39.8 Å². The SMILES string of the molecule is Cc1cc(C)cc(OCCN(C)C(=O)CC(C)(C)N)c1. The highest BCUT2D eigenvalue weighted by atomic mass is 16.5. The van der Waals surface area contributed by atoms with Gasteiger partial charge in [-0.05, 0) is 51.0 Å². The molecule has 0 bridgehead atoms. The van der Waals surface area contributed by atoms with Gasteiger partial charge in [-0.2, -0.15) is 0 Å². The lowest BCUT2D eigenvalue weighted by atomic mass is 10.0. The molecular weight excluding hydrogens is 252 g/mol. The Hall–Kier alpha value is -1.55. The number of hydrogen-bond acceptors (Lipinski definition) is 3. The van der Waals surface area contributed by atoms with Crippen molar-refractivity contribution in [2.45, 2.75) is 39.7 Å². The van der Waals surface area contributed by atoms with Crippen LogP contribution in [0.4, 0.5) is 0 Å². The maximum absolute atomic E-state index is 11.9. The molecule has 4 nitrogen and oxygen atoms in total. The summed E-state index contributed by atoms with van der Waals surface area (Å²) in [6.45, 7) is 8.82. The van der Waals surface area contributed by atoms with Crippen molar-refractivity contribution in [2.75, 3.05) is 20.2 Å². The average Bonchev–Trinajstić information content (AvgIpc) is 2.25. The highest BCUT2D eigenvalue weighted by molar-refractivity contribution is 5.77. The molecule has 1 amide bonds. The average molecular weight is 278 g/mol. The lowest BCUT2D eigenvalue weighted by Crippen LogP contribution is -2.40. The molecule has 0 unspecified atom stereocenters. The summed E-state index contributed by atoms with van der Waals surface area (Å²) < 4.78 is 5.69. The first-order valence-corrected chi connectivity index (χ1v) is 6.91. The van der Waals surface area contributed by atoms with Crippen LogP contribution < -0.4 is 10.5 Å². The van der Waals surface area contributed by atoms with Crippen LogP contribution in [0.1, 0.15) is 31.4 Å². The number of rotatable bonds is 6. The lowest BCUT2D eigenvalue weighted by Gasteiger charge is -2.23. The van der Waals surface area contributed by atoms with E-state index in [1.54, 1.807) is 11.9 Å². The minimum Gasteiger partial charge on any atom is -0.492 e. The number of likely N-dealkylation sites (N-methyl/N-ethyl adjacent to an activating group) is 1. The molecule has 0 atom stereocenters. The van der Waals surface area contributed by atoms with E-state index in [1.165, 1.54) is 11.1 Å². The first-order valence-electron chi connectivity index (χ1n) is 6.91. The number of hydrogen-bond donors (Lipinski definition) is 1. The van der Waals surface area contributed by atoms with Crippen LogP contribution in [0.15, 0.2) is 18.2 Å². The first-order chi connectivity index (χ1) is 9.17. The van der Waals surface area contributed by atoms with Gasteiger partial charge >= 0.3 is 0 Å². The van der Waals surface area contributed by atoms with Crippen molar-refractivity contribution in [1.82, 2.24) is 4.90 Å². The summed E-state index contributed by atoms with van der Waals surface area (Å²) in [5.74, 6) is 0.893. The molecule has 0 saturated carbocycles. The molecule has 1 rings (SSSR count). The zero-order chi connectivity index (χ0) is 15.3. The highest BCUT2D eigenvalue weighted by Gasteiger charge is 2.19. The van der Waals surface area contributed by atoms with Gasteiger partial charge in [0.05, 0.1) is 6.54 Å². The van der Waals surface area contributed by atoms with Gasteiger partial charge in [-0.1, -0.05) is 6.07 Å². The van der Waals surface area contributed by atoms with Gasteiger partial charge in [-0.15, -0.1) is 0 Å². The van der Waals surface area contributed by atoms with E-state index in [0.717, 1.165) is 5.75 Å². The van der Waals surface area contributed by atoms with Crippen LogP contribution in [0, 0.1) is 13.8 Å². The van der Waals surface area contributed by atoms with Crippen LogP contribution in [0.2, 0.25) is 0 Å². The smallest absolute Gasteiger partial charge is 0.224 e. The summed E-state index contributed by atoms with van der Waals surface area (Å²) in [6, 6.07) is 6.10. The van der Waals surface area contributed by atoms with E-state index in [2.05, 4.69) is 6.07 Å². The van der Waals surface area contributed by atoms with Crippen molar-refractivity contribution in [1.29, 1.82) is 0 Å². The molecule has 112 valence electrons. The largest absolute Gasteiger partial charge is 0.492 e. The second-order valence-corrected chi connectivity index (χ2v) is 6.15. The van der Waals surface area contributed by atoms with Crippen molar-refractivity contribution in [3.05, 3.63) is 29.3 Å². The number of nitrogens with zero attached hydrogens (tertiary/aromatic N) is 1. The lowest BCUT2D eigenvalue weighted by molar-refractivity contribution is -0.131. The maximum Gasteiger partial charge on any atom is 0.224 e. The van der Waals surface area contributed by atoms with E-state index in [-0.39, 0.29) is 5.91 Å². The summed E-state index contributed by atoms with van der Waals surface area (Å²) in [6.07, 6.45) is 0.340. The molecule has 0 radical (unpaired) electrons. The highest BCUT2D eigenvalue weighted by Crippen LogP contribution is 2.16. The Kier molecular flexibility index (Phi) is 5.57. The number of carbonyl (C=O) groups excluding carboxylic acids is 1. The third kappa shape index (κ3) is 6.06. The minimum atomic E-state index is -0.472. The zero-order valence-corrected chi connectivity index (χ0v) is 13.2. The number of carbonyl (C=O) groups is 1. The number of aryl methyl sites for hydroxylation is 2. The number of amides is 1. The molecule has 1 aromatic carbocycles. The molecule has 0 saturated heterocycles. The topological polar surface area (TPSA) is 55.6 Å². The van der Waals surface area contributed by atoms with Gasteiger partial charge in [-0.25, -0.2) is 0 Å². The van der Waals surface area contributed by atoms with Crippen LogP contribution in [0.5, 0.6) is 5.75 Å². The van der Waals surface area contributed by atoms with Gasteiger partial charge < -0.3 is 15.4 Å². The molecule has 0 aliphatic heterocycles. The van der Waals surface area contributed by atoms with Gasteiger partial charge in [0.15, 0.2) is 0 Å². The molecular formula is C16H26N2O2. The Morgan fingerprint density at radius 3 is 2.30 bits per heavy atom. The van der Waals surface area contributed by atoms with Crippen LogP contribution in [-0.4, -0.2) is 36.5 Å². The van der Waals surface area contributed by atoms with Crippen molar-refractivity contribution in [3.8, 4) is 5.75 Å². The Balaban J connectivity index is 2.42. The standard InChI is InChI=1S/C16H26N2O2/c1-12-8-13(2)10-14(9-12)20-7-6-18(5)15(19)11-16(3,4)17/h8-10H,6-7,11,17H2,1-5H3. The quantitative estimate of drug-likeness (QED) is 0.868. The van der Waals surface area contributed by atoms with Crippen molar-refractivity contribution in [2.24, 2.45) is 5.73 Å². The molecule has 1 aromatic rings. The molecule has 0 aliphatic rings. The minimum absolute atomic E-state index is 0.0431. The normalized spacial score (nSPS) is 11.3. The fourth-order valence-corrected chi connectivity index (χ4v) is 1.97. The van der Waals surface area contributed by atoms with Crippen LogP contribution in [-0.2, 0) is 4.79 Å². The van der Waals surface area contributed by atoms with E-state index in [0.29, 0.717) is 19.6 Å². The summed E-state index contributed by atoms with van der Waals surface area (Å²) in [5.41, 5.74) is 7.73.